The normalized spacial score (nSPS) is 10.6. The molecule has 0 atom stereocenters. The van der Waals surface area contributed by atoms with Gasteiger partial charge < -0.3 is 25.4 Å². The lowest BCUT2D eigenvalue weighted by molar-refractivity contribution is 0.0691. The summed E-state index contributed by atoms with van der Waals surface area (Å²) >= 11 is 1.20. The third-order valence-corrected chi connectivity index (χ3v) is 3.48. The lowest BCUT2D eigenvalue weighted by Crippen LogP contribution is -2.39. The van der Waals surface area contributed by atoms with Crippen LogP contribution in [0, 0.1) is 0 Å². The topological polar surface area (TPSA) is 104 Å². The van der Waals surface area contributed by atoms with Crippen molar-refractivity contribution >= 4 is 23.3 Å². The number of aromatic nitrogens is 1. The number of aromatic carboxylic acids is 1. The van der Waals surface area contributed by atoms with Crippen molar-refractivity contribution in [1.29, 1.82) is 0 Å². The van der Waals surface area contributed by atoms with Crippen LogP contribution in [0.25, 0.3) is 0 Å². The van der Waals surface area contributed by atoms with Gasteiger partial charge in [-0.15, -0.1) is 11.3 Å². The fraction of sp³-hybridized carbons (Fsp3) is 0.583. The zero-order chi connectivity index (χ0) is 15.7. The predicted octanol–water partition coefficient (Wildman–Crippen LogP) is 0.219. The van der Waals surface area contributed by atoms with Crippen molar-refractivity contribution in [3.8, 4) is 0 Å². The fourth-order valence-corrected chi connectivity index (χ4v) is 2.14. The molecule has 0 spiro atoms. The van der Waals surface area contributed by atoms with Crippen molar-refractivity contribution in [1.82, 2.24) is 20.5 Å². The Balaban J connectivity index is 2.17. The Morgan fingerprint density at radius 2 is 2.19 bits per heavy atom. The van der Waals surface area contributed by atoms with Crippen LogP contribution in [-0.4, -0.2) is 67.4 Å². The second-order valence-corrected chi connectivity index (χ2v) is 5.28. The zero-order valence-corrected chi connectivity index (χ0v) is 12.9. The number of carbonyl (C=O) groups excluding carboxylic acids is 1. The van der Waals surface area contributed by atoms with Crippen molar-refractivity contribution in [2.24, 2.45) is 0 Å². The van der Waals surface area contributed by atoms with Gasteiger partial charge in [-0.25, -0.2) is 14.6 Å². The first-order chi connectivity index (χ1) is 10.0. The Morgan fingerprint density at radius 1 is 1.43 bits per heavy atom. The number of hydrogen-bond acceptors (Lipinski definition) is 6. The molecule has 9 heteroatoms. The van der Waals surface area contributed by atoms with Gasteiger partial charge in [0.1, 0.15) is 5.01 Å². The first-order valence-electron chi connectivity index (χ1n) is 6.39. The Morgan fingerprint density at radius 3 is 2.81 bits per heavy atom. The molecule has 0 aromatic carbocycles. The first-order valence-corrected chi connectivity index (χ1v) is 7.27. The summed E-state index contributed by atoms with van der Waals surface area (Å²) in [6.45, 7) is 2.90. The van der Waals surface area contributed by atoms with Crippen molar-refractivity contribution < 1.29 is 19.4 Å². The van der Waals surface area contributed by atoms with Crippen LogP contribution in [0.1, 0.15) is 15.5 Å². The van der Waals surface area contributed by atoms with Crippen molar-refractivity contribution in [2.75, 3.05) is 40.4 Å². The Bertz CT molecular complexity index is 466. The zero-order valence-electron chi connectivity index (χ0n) is 12.1. The molecule has 0 unspecified atom stereocenters. The van der Waals surface area contributed by atoms with E-state index in [9.17, 15) is 9.59 Å². The van der Waals surface area contributed by atoms with Gasteiger partial charge >= 0.3 is 12.0 Å². The monoisotopic (exact) mass is 316 g/mol. The molecule has 3 N–H and O–H groups in total. The minimum atomic E-state index is -1.07. The quantitative estimate of drug-likeness (QED) is 0.602. The molecule has 0 saturated heterocycles. The van der Waals surface area contributed by atoms with Gasteiger partial charge in [0.2, 0.25) is 0 Å². The third kappa shape index (κ3) is 7.02. The number of nitrogens with one attached hydrogen (secondary N) is 2. The van der Waals surface area contributed by atoms with E-state index in [-0.39, 0.29) is 18.3 Å². The van der Waals surface area contributed by atoms with Crippen molar-refractivity contribution in [3.05, 3.63) is 16.1 Å². The number of nitrogens with zero attached hydrogens (tertiary/aromatic N) is 2. The predicted molar refractivity (Wildman–Crippen MR) is 78.7 cm³/mol. The van der Waals surface area contributed by atoms with Gasteiger partial charge in [-0.1, -0.05) is 0 Å². The summed E-state index contributed by atoms with van der Waals surface area (Å²) in [5.74, 6) is -1.07. The molecule has 0 aliphatic heterocycles. The summed E-state index contributed by atoms with van der Waals surface area (Å²) < 4.78 is 4.96. The molecule has 0 bridgehead atoms. The average molecular weight is 316 g/mol. The highest BCUT2D eigenvalue weighted by molar-refractivity contribution is 7.09. The van der Waals surface area contributed by atoms with E-state index in [1.54, 1.807) is 7.11 Å². The maximum Gasteiger partial charge on any atom is 0.355 e. The van der Waals surface area contributed by atoms with E-state index in [1.165, 1.54) is 16.7 Å². The van der Waals surface area contributed by atoms with Crippen molar-refractivity contribution in [3.63, 3.8) is 0 Å². The van der Waals surface area contributed by atoms with Crippen LogP contribution < -0.4 is 10.6 Å². The van der Waals surface area contributed by atoms with Gasteiger partial charge in [-0.05, 0) is 7.05 Å². The van der Waals surface area contributed by atoms with E-state index < -0.39 is 5.97 Å². The molecular weight excluding hydrogens is 296 g/mol. The smallest absolute Gasteiger partial charge is 0.355 e. The Labute approximate surface area is 127 Å². The van der Waals surface area contributed by atoms with E-state index in [1.807, 2.05) is 11.9 Å². The number of ether oxygens (including phenoxy) is 1. The van der Waals surface area contributed by atoms with E-state index >= 15 is 0 Å². The molecule has 118 valence electrons. The second-order valence-electron chi connectivity index (χ2n) is 4.34. The maximum absolute atomic E-state index is 11.5. The van der Waals surface area contributed by atoms with E-state index in [4.69, 9.17) is 9.84 Å². The number of urea groups is 1. The van der Waals surface area contributed by atoms with Crippen molar-refractivity contribution in [2.45, 2.75) is 6.54 Å². The van der Waals surface area contributed by atoms with Crippen LogP contribution in [0.4, 0.5) is 4.79 Å². The molecule has 0 fully saturated rings. The van der Waals surface area contributed by atoms with Crippen LogP contribution in [0.2, 0.25) is 0 Å². The van der Waals surface area contributed by atoms with Gasteiger partial charge in [0.05, 0.1) is 13.2 Å². The molecule has 1 aromatic rings. The van der Waals surface area contributed by atoms with E-state index in [0.29, 0.717) is 18.2 Å². The maximum atomic E-state index is 11.5. The summed E-state index contributed by atoms with van der Waals surface area (Å²) in [7, 11) is 3.59. The van der Waals surface area contributed by atoms with Crippen LogP contribution in [0.5, 0.6) is 0 Å². The van der Waals surface area contributed by atoms with Crippen LogP contribution in [0.3, 0.4) is 0 Å². The molecular formula is C12H20N4O4S. The molecule has 0 aliphatic rings. The van der Waals surface area contributed by atoms with Gasteiger partial charge in [-0.3, -0.25) is 0 Å². The number of likely N-dealkylation sites (N-methyl/N-ethyl adjacent to an activating group) is 1. The van der Waals surface area contributed by atoms with Crippen LogP contribution >= 0.6 is 11.3 Å². The second kappa shape index (κ2) is 9.27. The number of carboxylic acids is 1. The highest BCUT2D eigenvalue weighted by Gasteiger charge is 2.09. The minimum absolute atomic E-state index is 0.00280. The third-order valence-electron chi connectivity index (χ3n) is 2.63. The average Bonchev–Trinajstić information content (AvgIpc) is 2.92. The molecule has 0 radical (unpaired) electrons. The molecule has 21 heavy (non-hydrogen) atoms. The Hall–Kier alpha value is -1.71. The molecule has 0 saturated carbocycles. The lowest BCUT2D eigenvalue weighted by Gasteiger charge is -2.16. The van der Waals surface area contributed by atoms with Gasteiger partial charge in [0.25, 0.3) is 0 Å². The van der Waals surface area contributed by atoms with E-state index in [2.05, 4.69) is 15.6 Å². The van der Waals surface area contributed by atoms with Gasteiger partial charge in [-0.2, -0.15) is 0 Å². The summed E-state index contributed by atoms with van der Waals surface area (Å²) in [6, 6.07) is -0.304. The number of hydrogen-bond donors (Lipinski definition) is 3. The van der Waals surface area contributed by atoms with Crippen LogP contribution in [0.15, 0.2) is 5.38 Å². The number of thiazole rings is 1. The number of rotatable bonds is 9. The highest BCUT2D eigenvalue weighted by Crippen LogP contribution is 2.08. The molecule has 0 aliphatic carbocycles. The van der Waals surface area contributed by atoms with Crippen LogP contribution in [-0.2, 0) is 11.3 Å². The Kier molecular flexibility index (Phi) is 7.65. The standard InChI is InChI=1S/C12H20N4O4S/c1-16(5-6-20-2)4-3-13-12(19)14-7-10-15-9(8-21-10)11(17)18/h8H,3-7H2,1-2H3,(H,17,18)(H2,13,14,19). The first kappa shape index (κ1) is 17.3. The molecule has 8 nitrogen and oxygen atoms in total. The SMILES string of the molecule is COCCN(C)CCNC(=O)NCc1nc(C(=O)O)cs1. The van der Waals surface area contributed by atoms with Gasteiger partial charge in [0.15, 0.2) is 5.69 Å². The summed E-state index contributed by atoms with van der Waals surface area (Å²) in [4.78, 5) is 28.1. The largest absolute Gasteiger partial charge is 0.476 e. The molecule has 1 heterocycles. The number of methoxy groups -OCH3 is 1. The summed E-state index contributed by atoms with van der Waals surface area (Å²) in [5, 5.41) is 16.1. The van der Waals surface area contributed by atoms with Gasteiger partial charge in [0, 0.05) is 32.1 Å². The summed E-state index contributed by atoms with van der Waals surface area (Å²) in [6.07, 6.45) is 0. The number of carbonyl (C=O) groups is 2. The number of amides is 2. The summed E-state index contributed by atoms with van der Waals surface area (Å²) in [5.41, 5.74) is -0.00280. The van der Waals surface area contributed by atoms with E-state index in [0.717, 1.165) is 13.1 Å². The lowest BCUT2D eigenvalue weighted by atomic mass is 10.5. The fourth-order valence-electron chi connectivity index (χ4n) is 1.43. The minimum Gasteiger partial charge on any atom is -0.476 e. The molecule has 1 rings (SSSR count). The molecule has 1 aromatic heterocycles. The highest BCUT2D eigenvalue weighted by atomic mass is 32.1. The molecule has 2 amide bonds. The number of carboxylic acid groups (broad SMARTS) is 1.